The summed E-state index contributed by atoms with van der Waals surface area (Å²) in [7, 11) is 0. The molecule has 1 aliphatic carbocycles. The zero-order valence-corrected chi connectivity index (χ0v) is 31.5. The third-order valence-electron chi connectivity index (χ3n) is 11.6. The molecule has 0 aliphatic heterocycles. The van der Waals surface area contributed by atoms with Gasteiger partial charge in [-0.1, -0.05) is 158 Å². The Hall–Kier alpha value is -6.74. The van der Waals surface area contributed by atoms with Crippen molar-refractivity contribution >= 4 is 59.3 Å². The zero-order chi connectivity index (χ0) is 40.7. The van der Waals surface area contributed by atoms with Gasteiger partial charge in [0.05, 0.1) is 5.48 Å². The number of benzene rings is 9. The van der Waals surface area contributed by atoms with E-state index in [-0.39, 0.29) is 35.4 Å². The Morgan fingerprint density at radius 3 is 1.98 bits per heavy atom. The average Bonchev–Trinajstić information content (AvgIpc) is 3.81. The lowest BCUT2D eigenvalue weighted by atomic mass is 9.74. The molecule has 1 nitrogen and oxygen atoms in total. The van der Waals surface area contributed by atoms with Crippen molar-refractivity contribution in [2.75, 3.05) is 4.90 Å². The maximum Gasteiger partial charge on any atom is 0.0645 e. The van der Waals surface area contributed by atoms with Gasteiger partial charge in [0.2, 0.25) is 0 Å². The van der Waals surface area contributed by atoms with E-state index in [4.69, 9.17) is 0 Å². The molecule has 56 heavy (non-hydrogen) atoms. The molecule has 2 heteroatoms. The Bertz CT molecular complexity index is 3320. The van der Waals surface area contributed by atoms with Crippen LogP contribution in [0.25, 0.3) is 64.3 Å². The van der Waals surface area contributed by atoms with Crippen LogP contribution in [-0.4, -0.2) is 0 Å². The number of nitrogens with zero attached hydrogens (tertiary/aromatic N) is 1. The Morgan fingerprint density at radius 1 is 0.446 bits per heavy atom. The fraction of sp³-hybridized carbons (Fsp3) is 0.0370. The minimum Gasteiger partial charge on any atom is -0.310 e. The van der Waals surface area contributed by atoms with Gasteiger partial charge in [-0.25, -0.2) is 0 Å². The second kappa shape index (κ2) is 12.9. The van der Waals surface area contributed by atoms with Crippen LogP contribution in [0.3, 0.4) is 0 Å². The molecular formula is C54H37NS. The molecule has 0 bridgehead atoms. The van der Waals surface area contributed by atoms with E-state index in [0.717, 1.165) is 44.4 Å². The molecule has 0 N–H and O–H groups in total. The van der Waals surface area contributed by atoms with E-state index < -0.39 is 5.41 Å². The van der Waals surface area contributed by atoms with Gasteiger partial charge in [-0.05, 0) is 116 Å². The molecule has 9 aromatic carbocycles. The fourth-order valence-corrected chi connectivity index (χ4v) is 10.1. The third kappa shape index (κ3) is 5.07. The lowest BCUT2D eigenvalue weighted by molar-refractivity contribution is 0.714. The lowest BCUT2D eigenvalue weighted by Gasteiger charge is -2.31. The van der Waals surface area contributed by atoms with Crippen LogP contribution in [-0.2, 0) is 5.41 Å². The first-order valence-corrected chi connectivity index (χ1v) is 19.8. The molecule has 1 aliphatic rings. The van der Waals surface area contributed by atoms with Gasteiger partial charge in [0.15, 0.2) is 0 Å². The number of thiophene rings is 1. The van der Waals surface area contributed by atoms with Crippen LogP contribution in [0.4, 0.5) is 17.1 Å². The van der Waals surface area contributed by atoms with Crippen molar-refractivity contribution in [1.29, 1.82) is 0 Å². The Balaban J connectivity index is 1.17. The predicted octanol–water partition coefficient (Wildman–Crippen LogP) is 15.3. The number of rotatable bonds is 6. The molecule has 0 saturated carbocycles. The molecule has 264 valence electrons. The molecule has 11 rings (SSSR count). The first-order chi connectivity index (χ1) is 29.3. The molecule has 1 heterocycles. The molecule has 10 aromatic rings. The molecule has 0 radical (unpaired) electrons. The van der Waals surface area contributed by atoms with Gasteiger partial charge in [-0.15, -0.1) is 11.3 Å². The molecule has 0 saturated heterocycles. The van der Waals surface area contributed by atoms with Crippen LogP contribution in [0.1, 0.15) is 29.1 Å². The molecule has 1 aromatic heterocycles. The highest BCUT2D eigenvalue weighted by Crippen LogP contribution is 2.54. The van der Waals surface area contributed by atoms with E-state index >= 15 is 0 Å². The van der Waals surface area contributed by atoms with Gasteiger partial charge in [0.25, 0.3) is 0 Å². The Kier molecular flexibility index (Phi) is 6.63. The van der Waals surface area contributed by atoms with Crippen molar-refractivity contribution in [1.82, 2.24) is 0 Å². The summed E-state index contributed by atoms with van der Waals surface area (Å²) >= 11 is 1.78. The first-order valence-electron chi connectivity index (χ1n) is 21.0. The highest BCUT2D eigenvalue weighted by Gasteiger charge is 2.41. The summed E-state index contributed by atoms with van der Waals surface area (Å²) in [4.78, 5) is 1.94. The number of hydrogen-bond acceptors (Lipinski definition) is 2. The molecule has 0 amide bonds. The number of hydrogen-bond donors (Lipinski definition) is 0. The van der Waals surface area contributed by atoms with Crippen molar-refractivity contribution in [3.05, 3.63) is 223 Å². The summed E-state index contributed by atoms with van der Waals surface area (Å²) in [6, 6.07) is 62.2. The van der Waals surface area contributed by atoms with E-state index in [0.29, 0.717) is 5.56 Å². The highest BCUT2D eigenvalue weighted by atomic mass is 32.1. The second-order valence-corrected chi connectivity index (χ2v) is 15.8. The van der Waals surface area contributed by atoms with Crippen LogP contribution >= 0.6 is 11.3 Å². The molecular weight excluding hydrogens is 695 g/mol. The van der Waals surface area contributed by atoms with Crippen LogP contribution < -0.4 is 4.90 Å². The van der Waals surface area contributed by atoms with E-state index in [9.17, 15) is 5.48 Å². The maximum absolute atomic E-state index is 9.80. The van der Waals surface area contributed by atoms with Crippen LogP contribution in [0.2, 0.25) is 0 Å². The Morgan fingerprint density at radius 2 is 1.09 bits per heavy atom. The quantitative estimate of drug-likeness (QED) is 0.164. The van der Waals surface area contributed by atoms with Gasteiger partial charge in [-0.3, -0.25) is 0 Å². The van der Waals surface area contributed by atoms with E-state index in [1.165, 1.54) is 36.9 Å². The normalized spacial score (nSPS) is 15.6. The van der Waals surface area contributed by atoms with E-state index in [1.807, 2.05) is 65.6 Å². The largest absolute Gasteiger partial charge is 0.310 e. The van der Waals surface area contributed by atoms with Gasteiger partial charge >= 0.3 is 0 Å². The van der Waals surface area contributed by atoms with E-state index in [2.05, 4.69) is 128 Å². The topological polar surface area (TPSA) is 3.24 Å². The van der Waals surface area contributed by atoms with Gasteiger partial charge in [-0.2, -0.15) is 0 Å². The average molecular weight is 736 g/mol. The summed E-state index contributed by atoms with van der Waals surface area (Å²) in [6.07, 6.45) is 0. The van der Waals surface area contributed by atoms with Gasteiger partial charge in [0, 0.05) is 42.6 Å². The van der Waals surface area contributed by atoms with Crippen LogP contribution in [0.15, 0.2) is 206 Å². The summed E-state index contributed by atoms with van der Waals surface area (Å²) in [5.41, 5.74) is 10.1. The minimum atomic E-state index is -0.487. The second-order valence-electron chi connectivity index (χ2n) is 14.7. The van der Waals surface area contributed by atoms with E-state index in [1.54, 1.807) is 11.3 Å². The summed E-state index contributed by atoms with van der Waals surface area (Å²) in [5, 5.41) is 4.26. The number of fused-ring (bicyclic) bond motifs is 7. The maximum atomic E-state index is 9.80. The summed E-state index contributed by atoms with van der Waals surface area (Å²) < 4.78 is 41.2. The molecule has 1 atom stereocenters. The first kappa shape index (κ1) is 28.7. The molecule has 0 spiro atoms. The summed E-state index contributed by atoms with van der Waals surface area (Å²) in [5.74, 6) is 0. The standard InChI is InChI=1S/C54H37NS/c1-54(39-17-3-2-4-18-39)49-25-9-7-21-46(49)47-33-32-42(35-50(47)54)55(40-30-28-37(29-31-40)44-23-12-15-36-14-5-6-20-43(36)44)41-19-11-16-38(34-41)45-24-13-27-52-53(45)48-22-8-10-26-51(48)56-52/h2-35H,1H3/i28D,29D,30D,31D. The SMILES string of the molecule is [2H]c1c([2H])c(N(c2cccc(-c3cccc4sc5ccccc5c34)c2)c2ccc3c(c2)C(C)(c2ccccc2)c2ccccc2-3)c([2H])c([2H])c1-c1cccc2ccccc12. The van der Waals surface area contributed by atoms with Crippen molar-refractivity contribution in [3.63, 3.8) is 0 Å². The lowest BCUT2D eigenvalue weighted by Crippen LogP contribution is -2.22. The zero-order valence-electron chi connectivity index (χ0n) is 34.7. The van der Waals surface area contributed by atoms with Crippen LogP contribution in [0, 0.1) is 0 Å². The van der Waals surface area contributed by atoms with Crippen molar-refractivity contribution in [2.24, 2.45) is 0 Å². The fourth-order valence-electron chi connectivity index (χ4n) is 8.93. The Labute approximate surface area is 337 Å². The minimum absolute atomic E-state index is 0.0827. The highest BCUT2D eigenvalue weighted by molar-refractivity contribution is 7.25. The summed E-state index contributed by atoms with van der Waals surface area (Å²) in [6.45, 7) is 2.28. The molecule has 0 fully saturated rings. The van der Waals surface area contributed by atoms with Gasteiger partial charge in [0.1, 0.15) is 0 Å². The number of anilines is 3. The van der Waals surface area contributed by atoms with Crippen LogP contribution in [0.5, 0.6) is 0 Å². The van der Waals surface area contributed by atoms with Crippen molar-refractivity contribution in [2.45, 2.75) is 12.3 Å². The monoisotopic (exact) mass is 735 g/mol. The van der Waals surface area contributed by atoms with Crippen molar-refractivity contribution < 1.29 is 5.48 Å². The third-order valence-corrected chi connectivity index (χ3v) is 12.8. The predicted molar refractivity (Wildman–Crippen MR) is 240 cm³/mol. The van der Waals surface area contributed by atoms with Gasteiger partial charge < -0.3 is 4.90 Å². The molecule has 1 unspecified atom stereocenters. The smallest absolute Gasteiger partial charge is 0.0645 e. The van der Waals surface area contributed by atoms with Crippen molar-refractivity contribution in [3.8, 4) is 33.4 Å².